The lowest BCUT2D eigenvalue weighted by Crippen LogP contribution is -2.49. The highest BCUT2D eigenvalue weighted by atomic mass is 16.2. The lowest BCUT2D eigenvalue weighted by atomic mass is 9.98. The molecule has 2 rings (SSSR count). The first kappa shape index (κ1) is 27.2. The highest BCUT2D eigenvalue weighted by molar-refractivity contribution is 5.81. The van der Waals surface area contributed by atoms with Gasteiger partial charge in [-0.05, 0) is 58.5 Å². The quantitative estimate of drug-likeness (QED) is 0.498. The molecule has 31 heavy (non-hydrogen) atoms. The van der Waals surface area contributed by atoms with Crippen LogP contribution in [0.1, 0.15) is 59.3 Å². The Morgan fingerprint density at radius 1 is 0.935 bits per heavy atom. The number of nitrogens with zero attached hydrogens (tertiary/aromatic N) is 2. The fourth-order valence-electron chi connectivity index (χ4n) is 3.93. The number of carbonyl (C=O) groups excluding carboxylic acids is 4. The summed E-state index contributed by atoms with van der Waals surface area (Å²) in [5.74, 6) is 0.379. The van der Waals surface area contributed by atoms with Gasteiger partial charge < -0.3 is 20.2 Å². The van der Waals surface area contributed by atoms with Gasteiger partial charge in [0.05, 0.1) is 12.6 Å². The highest BCUT2D eigenvalue weighted by Crippen LogP contribution is 2.16. The van der Waals surface area contributed by atoms with Gasteiger partial charge in [-0.3, -0.25) is 19.4 Å². The number of piperidine rings is 2. The molecule has 0 bridgehead atoms. The molecule has 2 amide bonds. The number of likely N-dealkylation sites (tertiary alicyclic amines) is 2. The van der Waals surface area contributed by atoms with Gasteiger partial charge in [-0.1, -0.05) is 13.8 Å². The molecule has 2 aliphatic heterocycles. The number of aldehydes is 2. The first-order valence-corrected chi connectivity index (χ1v) is 11.9. The van der Waals surface area contributed by atoms with Gasteiger partial charge in [0.15, 0.2) is 0 Å². The van der Waals surface area contributed by atoms with Crippen molar-refractivity contribution in [1.29, 1.82) is 0 Å². The van der Waals surface area contributed by atoms with Crippen LogP contribution in [0.15, 0.2) is 0 Å². The van der Waals surface area contributed by atoms with Crippen molar-refractivity contribution in [3.8, 4) is 0 Å². The predicted octanol–water partition coefficient (Wildman–Crippen LogP) is 1.24. The molecule has 178 valence electrons. The number of hydrogen-bond donors (Lipinski definition) is 2. The van der Waals surface area contributed by atoms with Gasteiger partial charge in [0, 0.05) is 38.0 Å². The summed E-state index contributed by atoms with van der Waals surface area (Å²) in [6.45, 7) is 11.2. The van der Waals surface area contributed by atoms with E-state index in [1.165, 1.54) is 0 Å². The fourth-order valence-corrected chi connectivity index (χ4v) is 3.93. The Bertz CT molecular complexity index is 558. The molecule has 0 aromatic heterocycles. The summed E-state index contributed by atoms with van der Waals surface area (Å²) in [5.41, 5.74) is 0. The average molecular weight is 439 g/mol. The second-order valence-corrected chi connectivity index (χ2v) is 8.62. The SMILES string of the molecule is CCCNC(=O)C(C)N1CCCC(C=O)C1.CCCNC(=O)CN1CCCC(C=O)C1. The molecule has 8 heteroatoms. The first-order chi connectivity index (χ1) is 14.9. The second-order valence-electron chi connectivity index (χ2n) is 8.62. The molecule has 0 aliphatic carbocycles. The van der Waals surface area contributed by atoms with E-state index in [1.54, 1.807) is 0 Å². The molecule has 2 fully saturated rings. The van der Waals surface area contributed by atoms with E-state index in [-0.39, 0.29) is 29.7 Å². The number of hydrogen-bond acceptors (Lipinski definition) is 6. The maximum atomic E-state index is 11.8. The van der Waals surface area contributed by atoms with Gasteiger partial charge in [0.2, 0.25) is 11.8 Å². The van der Waals surface area contributed by atoms with Crippen molar-refractivity contribution in [3.05, 3.63) is 0 Å². The van der Waals surface area contributed by atoms with Crippen molar-refractivity contribution in [1.82, 2.24) is 20.4 Å². The van der Waals surface area contributed by atoms with Crippen LogP contribution in [0.5, 0.6) is 0 Å². The monoisotopic (exact) mass is 438 g/mol. The molecule has 3 unspecified atom stereocenters. The van der Waals surface area contributed by atoms with Crippen molar-refractivity contribution in [2.45, 2.75) is 65.3 Å². The summed E-state index contributed by atoms with van der Waals surface area (Å²) < 4.78 is 0. The van der Waals surface area contributed by atoms with Crippen LogP contribution in [-0.2, 0) is 19.2 Å². The molecule has 2 heterocycles. The zero-order chi connectivity index (χ0) is 23.1. The summed E-state index contributed by atoms with van der Waals surface area (Å²) in [6, 6.07) is -0.116. The molecule has 0 radical (unpaired) electrons. The van der Waals surface area contributed by atoms with Gasteiger partial charge >= 0.3 is 0 Å². The van der Waals surface area contributed by atoms with E-state index < -0.39 is 0 Å². The minimum atomic E-state index is -0.116. The van der Waals surface area contributed by atoms with Gasteiger partial charge in [0.25, 0.3) is 0 Å². The third-order valence-electron chi connectivity index (χ3n) is 5.83. The average Bonchev–Trinajstić information content (AvgIpc) is 2.81. The number of rotatable bonds is 10. The van der Waals surface area contributed by atoms with Crippen LogP contribution in [0.3, 0.4) is 0 Å². The van der Waals surface area contributed by atoms with E-state index >= 15 is 0 Å². The number of nitrogens with one attached hydrogen (secondary N) is 2. The third-order valence-corrected chi connectivity index (χ3v) is 5.83. The largest absolute Gasteiger partial charge is 0.355 e. The molecule has 0 aromatic carbocycles. The molecule has 0 spiro atoms. The van der Waals surface area contributed by atoms with Crippen molar-refractivity contribution in [3.63, 3.8) is 0 Å². The second kappa shape index (κ2) is 15.9. The van der Waals surface area contributed by atoms with E-state index in [9.17, 15) is 19.2 Å². The molecule has 0 aromatic rings. The van der Waals surface area contributed by atoms with Crippen LogP contribution in [0.4, 0.5) is 0 Å². The van der Waals surface area contributed by atoms with E-state index in [0.29, 0.717) is 6.54 Å². The van der Waals surface area contributed by atoms with Crippen molar-refractivity contribution >= 4 is 24.4 Å². The van der Waals surface area contributed by atoms with Crippen molar-refractivity contribution in [2.24, 2.45) is 11.8 Å². The fraction of sp³-hybridized carbons (Fsp3) is 0.826. The zero-order valence-corrected chi connectivity index (χ0v) is 19.6. The van der Waals surface area contributed by atoms with Gasteiger partial charge in [0.1, 0.15) is 12.6 Å². The van der Waals surface area contributed by atoms with Crippen LogP contribution in [0.2, 0.25) is 0 Å². The molecule has 3 atom stereocenters. The van der Waals surface area contributed by atoms with E-state index in [0.717, 1.165) is 90.4 Å². The normalized spacial score (nSPS) is 23.1. The smallest absolute Gasteiger partial charge is 0.237 e. The Hall–Kier alpha value is -1.80. The van der Waals surface area contributed by atoms with Crippen LogP contribution in [0.25, 0.3) is 0 Å². The topological polar surface area (TPSA) is 98.8 Å². The molecule has 2 aliphatic rings. The van der Waals surface area contributed by atoms with Crippen LogP contribution < -0.4 is 10.6 Å². The summed E-state index contributed by atoms with van der Waals surface area (Å²) in [7, 11) is 0. The lowest BCUT2D eigenvalue weighted by molar-refractivity contribution is -0.127. The minimum Gasteiger partial charge on any atom is -0.355 e. The van der Waals surface area contributed by atoms with Crippen molar-refractivity contribution in [2.75, 3.05) is 45.8 Å². The minimum absolute atomic E-state index is 0.0726. The molecule has 2 saturated heterocycles. The Morgan fingerprint density at radius 3 is 2.13 bits per heavy atom. The Morgan fingerprint density at radius 2 is 1.52 bits per heavy atom. The maximum Gasteiger partial charge on any atom is 0.237 e. The predicted molar refractivity (Wildman–Crippen MR) is 122 cm³/mol. The van der Waals surface area contributed by atoms with Gasteiger partial charge in [-0.25, -0.2) is 0 Å². The Kier molecular flexibility index (Phi) is 14.0. The van der Waals surface area contributed by atoms with E-state index in [4.69, 9.17) is 0 Å². The van der Waals surface area contributed by atoms with E-state index in [1.807, 2.05) is 20.8 Å². The molecule has 8 nitrogen and oxygen atoms in total. The number of carbonyl (C=O) groups is 4. The summed E-state index contributed by atoms with van der Waals surface area (Å²) in [4.78, 5) is 48.7. The third kappa shape index (κ3) is 10.9. The number of amides is 2. The lowest BCUT2D eigenvalue weighted by Gasteiger charge is -2.34. The maximum absolute atomic E-state index is 11.8. The molecular weight excluding hydrogens is 396 g/mol. The molecule has 2 N–H and O–H groups in total. The Labute approximate surface area is 187 Å². The van der Waals surface area contributed by atoms with Crippen molar-refractivity contribution < 1.29 is 19.2 Å². The summed E-state index contributed by atoms with van der Waals surface area (Å²) in [6.07, 6.45) is 7.90. The van der Waals surface area contributed by atoms with Crippen LogP contribution in [-0.4, -0.2) is 86.0 Å². The summed E-state index contributed by atoms with van der Waals surface area (Å²) in [5, 5.41) is 5.74. The molecular formula is C23H42N4O4. The Balaban J connectivity index is 0.000000311. The standard InChI is InChI=1S/C12H22N2O2.C11H20N2O2/c1-3-6-13-12(16)10(2)14-7-4-5-11(8-14)9-15;1-2-5-12-11(15)8-13-6-3-4-10(7-13)9-14/h9-11H,3-8H2,1-2H3,(H,13,16);9-10H,2-8H2,1H3,(H,12,15). The first-order valence-electron chi connectivity index (χ1n) is 11.9. The van der Waals surface area contributed by atoms with Crippen LogP contribution in [0, 0.1) is 11.8 Å². The highest BCUT2D eigenvalue weighted by Gasteiger charge is 2.26. The van der Waals surface area contributed by atoms with E-state index in [2.05, 4.69) is 20.4 Å². The van der Waals surface area contributed by atoms with Crippen LogP contribution >= 0.6 is 0 Å². The zero-order valence-electron chi connectivity index (χ0n) is 19.6. The summed E-state index contributed by atoms with van der Waals surface area (Å²) >= 11 is 0. The molecule has 0 saturated carbocycles. The van der Waals surface area contributed by atoms with Gasteiger partial charge in [-0.15, -0.1) is 0 Å². The van der Waals surface area contributed by atoms with Gasteiger partial charge in [-0.2, -0.15) is 0 Å².